The van der Waals surface area contributed by atoms with E-state index in [0.717, 1.165) is 54.3 Å². The van der Waals surface area contributed by atoms with Gasteiger partial charge < -0.3 is 9.47 Å². The summed E-state index contributed by atoms with van der Waals surface area (Å²) in [4.78, 5) is 17.0. The molecule has 2 aliphatic heterocycles. The molecule has 1 fully saturated rings. The van der Waals surface area contributed by atoms with E-state index in [1.54, 1.807) is 30.6 Å². The predicted octanol–water partition coefficient (Wildman–Crippen LogP) is 5.40. The van der Waals surface area contributed by atoms with Gasteiger partial charge in [0, 0.05) is 22.9 Å². The zero-order valence-electron chi connectivity index (χ0n) is 20.9. The summed E-state index contributed by atoms with van der Waals surface area (Å²) in [6.45, 7) is 2.30. The van der Waals surface area contributed by atoms with Gasteiger partial charge in [0.15, 0.2) is 0 Å². The Kier molecular flexibility index (Phi) is 7.68. The Bertz CT molecular complexity index is 1190. The van der Waals surface area contributed by atoms with Crippen molar-refractivity contribution in [2.45, 2.75) is 31.7 Å². The molecule has 3 aromatic rings. The fourth-order valence-electron chi connectivity index (χ4n) is 5.20. The zero-order valence-corrected chi connectivity index (χ0v) is 21.7. The number of carbonyl (C=O) groups excluding carboxylic acids is 1. The first-order valence-corrected chi connectivity index (χ1v) is 13.4. The van der Waals surface area contributed by atoms with E-state index in [-0.39, 0.29) is 11.9 Å². The summed E-state index contributed by atoms with van der Waals surface area (Å²) >= 11 is 1.67. The number of hydrogen-bond donors (Lipinski definition) is 0. The fourth-order valence-corrected chi connectivity index (χ4v) is 6.01. The molecule has 188 valence electrons. The monoisotopic (exact) mass is 503 g/mol. The van der Waals surface area contributed by atoms with Crippen LogP contribution in [0.5, 0.6) is 11.5 Å². The third kappa shape index (κ3) is 5.47. The number of carbonyl (C=O) groups is 1. The molecule has 0 aliphatic carbocycles. The third-order valence-corrected chi connectivity index (χ3v) is 8.16. The van der Waals surface area contributed by atoms with Crippen molar-refractivity contribution < 1.29 is 14.3 Å². The lowest BCUT2D eigenvalue weighted by molar-refractivity contribution is -0.134. The second-order valence-corrected chi connectivity index (χ2v) is 10.5. The summed E-state index contributed by atoms with van der Waals surface area (Å²) in [6.07, 6.45) is 4.02. The largest absolute Gasteiger partial charge is 0.497 e. The molecule has 1 atom stereocenters. The molecule has 0 N–H and O–H groups in total. The Morgan fingerprint density at radius 2 is 1.83 bits per heavy atom. The first-order valence-electron chi connectivity index (χ1n) is 12.6. The Morgan fingerprint density at radius 1 is 1.03 bits per heavy atom. The first-order chi connectivity index (χ1) is 17.6. The van der Waals surface area contributed by atoms with Crippen LogP contribution in [0.2, 0.25) is 0 Å². The lowest BCUT2D eigenvalue weighted by atomic mass is 9.90. The number of ether oxygens (including phenoxy) is 2. The number of benzene rings is 2. The molecule has 1 saturated heterocycles. The molecular weight excluding hydrogens is 470 g/mol. The first kappa shape index (κ1) is 24.5. The summed E-state index contributed by atoms with van der Waals surface area (Å²) in [5, 5.41) is 8.62. The van der Waals surface area contributed by atoms with Gasteiger partial charge in [0.25, 0.3) is 5.91 Å². The number of methoxy groups -OCH3 is 2. The Hall–Kier alpha value is -3.16. The van der Waals surface area contributed by atoms with Gasteiger partial charge in [-0.1, -0.05) is 36.4 Å². The summed E-state index contributed by atoms with van der Waals surface area (Å²) < 4.78 is 11.0. The predicted molar refractivity (Wildman–Crippen MR) is 144 cm³/mol. The molecule has 2 aromatic carbocycles. The molecule has 2 aliphatic rings. The highest BCUT2D eigenvalue weighted by Gasteiger charge is 2.35. The minimum atomic E-state index is -0.0880. The highest BCUT2D eigenvalue weighted by molar-refractivity contribution is 7.10. The van der Waals surface area contributed by atoms with Crippen LogP contribution in [0, 0.1) is 5.92 Å². The van der Waals surface area contributed by atoms with E-state index >= 15 is 0 Å². The van der Waals surface area contributed by atoms with Crippen molar-refractivity contribution in [3.63, 3.8) is 0 Å². The van der Waals surface area contributed by atoms with Crippen molar-refractivity contribution in [1.82, 2.24) is 9.91 Å². The topological polar surface area (TPSA) is 54.4 Å². The summed E-state index contributed by atoms with van der Waals surface area (Å²) in [7, 11) is 3.29. The van der Waals surface area contributed by atoms with E-state index in [0.29, 0.717) is 24.6 Å². The normalized spacial score (nSPS) is 18.8. The van der Waals surface area contributed by atoms with Gasteiger partial charge in [-0.3, -0.25) is 9.69 Å². The molecule has 1 amide bonds. The van der Waals surface area contributed by atoms with Gasteiger partial charge in [0.05, 0.1) is 32.5 Å². The van der Waals surface area contributed by atoms with Gasteiger partial charge in [-0.05, 0) is 67.4 Å². The average Bonchev–Trinajstić information content (AvgIpc) is 3.60. The summed E-state index contributed by atoms with van der Waals surface area (Å²) in [5.41, 5.74) is 3.17. The second-order valence-electron chi connectivity index (χ2n) is 9.50. The maximum atomic E-state index is 13.6. The van der Waals surface area contributed by atoms with Crippen LogP contribution in [0.4, 0.5) is 0 Å². The van der Waals surface area contributed by atoms with Gasteiger partial charge in [-0.25, -0.2) is 5.01 Å². The number of hydrogen-bond acceptors (Lipinski definition) is 6. The number of thiophene rings is 1. The van der Waals surface area contributed by atoms with Crippen LogP contribution in [0.1, 0.15) is 41.3 Å². The van der Waals surface area contributed by atoms with Crippen molar-refractivity contribution in [2.24, 2.45) is 11.0 Å². The van der Waals surface area contributed by atoms with Crippen LogP contribution in [-0.2, 0) is 11.2 Å². The second kappa shape index (κ2) is 11.3. The summed E-state index contributed by atoms with van der Waals surface area (Å²) in [6, 6.07) is 20.5. The lowest BCUT2D eigenvalue weighted by Gasteiger charge is -2.32. The third-order valence-electron chi connectivity index (χ3n) is 7.19. The van der Waals surface area contributed by atoms with Crippen molar-refractivity contribution >= 4 is 23.0 Å². The highest BCUT2D eigenvalue weighted by atomic mass is 32.1. The van der Waals surface area contributed by atoms with Crippen LogP contribution < -0.4 is 9.47 Å². The maximum absolute atomic E-state index is 13.6. The molecule has 36 heavy (non-hydrogen) atoms. The number of rotatable bonds is 8. The standard InChI is InChI=1S/C29H33N3O3S/c1-34-23-10-11-24(27(18-23)35-2)25-19-26(28-9-6-16-36-28)32(30-25)29(33)20-31-14-12-22(13-15-31)17-21-7-4-3-5-8-21/h3-11,16,18,22,26H,12-15,17,19-20H2,1-2H3/t26-/m1/s1. The van der Waals surface area contributed by atoms with Gasteiger partial charge in [-0.2, -0.15) is 5.10 Å². The van der Waals surface area contributed by atoms with Gasteiger partial charge in [0.2, 0.25) is 0 Å². The molecule has 0 radical (unpaired) electrons. The van der Waals surface area contributed by atoms with Gasteiger partial charge in [0.1, 0.15) is 11.5 Å². The minimum Gasteiger partial charge on any atom is -0.497 e. The Balaban J connectivity index is 1.28. The van der Waals surface area contributed by atoms with E-state index in [9.17, 15) is 4.79 Å². The smallest absolute Gasteiger partial charge is 0.257 e. The molecule has 0 bridgehead atoms. The van der Waals surface area contributed by atoms with Crippen LogP contribution in [-0.4, -0.2) is 55.4 Å². The molecule has 3 heterocycles. The van der Waals surface area contributed by atoms with E-state index in [4.69, 9.17) is 14.6 Å². The minimum absolute atomic E-state index is 0.0531. The molecule has 0 spiro atoms. The molecule has 5 rings (SSSR count). The van der Waals surface area contributed by atoms with Gasteiger partial charge >= 0.3 is 0 Å². The van der Waals surface area contributed by atoms with Crippen molar-refractivity contribution in [1.29, 1.82) is 0 Å². The Morgan fingerprint density at radius 3 is 2.53 bits per heavy atom. The van der Waals surface area contributed by atoms with E-state index < -0.39 is 0 Å². The van der Waals surface area contributed by atoms with Gasteiger partial charge in [-0.15, -0.1) is 11.3 Å². The quantitative estimate of drug-likeness (QED) is 0.413. The molecule has 1 aromatic heterocycles. The summed E-state index contributed by atoms with van der Waals surface area (Å²) in [5.74, 6) is 2.16. The molecular formula is C29H33N3O3S. The molecule has 7 heteroatoms. The number of nitrogens with zero attached hydrogens (tertiary/aromatic N) is 3. The fraction of sp³-hybridized carbons (Fsp3) is 0.379. The molecule has 0 saturated carbocycles. The zero-order chi connectivity index (χ0) is 24.9. The van der Waals surface area contributed by atoms with E-state index in [1.165, 1.54) is 5.56 Å². The van der Waals surface area contributed by atoms with E-state index in [1.807, 2.05) is 24.3 Å². The SMILES string of the molecule is COc1ccc(C2=NN(C(=O)CN3CCC(Cc4ccccc4)CC3)[C@@H](c3cccs3)C2)c(OC)c1. The number of hydrazone groups is 1. The van der Waals surface area contributed by atoms with Crippen LogP contribution in [0.15, 0.2) is 71.1 Å². The lowest BCUT2D eigenvalue weighted by Crippen LogP contribution is -2.42. The number of likely N-dealkylation sites (tertiary alicyclic amines) is 1. The van der Waals surface area contributed by atoms with Crippen LogP contribution in [0.25, 0.3) is 0 Å². The van der Waals surface area contributed by atoms with Crippen molar-refractivity contribution in [2.75, 3.05) is 33.9 Å². The van der Waals surface area contributed by atoms with Crippen molar-refractivity contribution in [3.05, 3.63) is 82.0 Å². The number of piperidine rings is 1. The number of amides is 1. The maximum Gasteiger partial charge on any atom is 0.257 e. The Labute approximate surface area is 217 Å². The molecule has 0 unspecified atom stereocenters. The van der Waals surface area contributed by atoms with Crippen molar-refractivity contribution in [3.8, 4) is 11.5 Å². The van der Waals surface area contributed by atoms with Crippen LogP contribution in [0.3, 0.4) is 0 Å². The van der Waals surface area contributed by atoms with E-state index in [2.05, 4.69) is 46.7 Å². The molecule has 6 nitrogen and oxygen atoms in total. The van der Waals surface area contributed by atoms with Crippen LogP contribution >= 0.6 is 11.3 Å². The highest BCUT2D eigenvalue weighted by Crippen LogP contribution is 2.38. The average molecular weight is 504 g/mol.